The zero-order valence-corrected chi connectivity index (χ0v) is 17.2. The zero-order chi connectivity index (χ0) is 8.27. The third-order valence-corrected chi connectivity index (χ3v) is 4.48. The maximum Gasteiger partial charge on any atom is 1.00 e. The molecule has 13 heavy (non-hydrogen) atoms. The molecule has 0 bridgehead atoms. The molecule has 0 saturated carbocycles. The number of carbonyl (C=O) groups excluding carboxylic acids is 1. The Morgan fingerprint density at radius 3 is 1.92 bits per heavy atom. The van der Waals surface area contributed by atoms with E-state index in [0.29, 0.717) is 0 Å². The first-order valence-corrected chi connectivity index (χ1v) is 8.12. The van der Waals surface area contributed by atoms with Crippen molar-refractivity contribution in [3.05, 3.63) is 29.8 Å². The number of aromatic carboxylic acids is 1. The van der Waals surface area contributed by atoms with Crippen molar-refractivity contribution in [3.8, 4) is 0 Å². The van der Waals surface area contributed by atoms with E-state index in [2.05, 4.69) is 0 Å². The van der Waals surface area contributed by atoms with Gasteiger partial charge in [-0.15, -0.1) is 0 Å². The molecule has 1 aromatic carbocycles. The summed E-state index contributed by atoms with van der Waals surface area (Å²) in [5.74, 6) is -1.20. The summed E-state index contributed by atoms with van der Waals surface area (Å²) in [6.45, 7) is 0. The maximum atomic E-state index is 10.5. The molecule has 0 aliphatic heterocycles. The molecule has 1 rings (SSSR count). The monoisotopic (exact) mass is 384 g/mol. The Bertz CT molecular complexity index is 263. The minimum absolute atomic E-state index is 0. The molecule has 0 aromatic heterocycles. The van der Waals surface area contributed by atoms with Crippen molar-refractivity contribution in [2.24, 2.45) is 0 Å². The zero-order valence-electron chi connectivity index (χ0n) is 7.74. The van der Waals surface area contributed by atoms with Crippen molar-refractivity contribution in [1.29, 1.82) is 0 Å². The first-order chi connectivity index (χ1) is 5.24. The standard InChI is InChI=1S/C7H5O2.Hg.2Na.O/c8-7(9)6-4-2-1-3-5-6;;;;/h2-5H,(H,8,9);;;;/q;;2*+1;-1/p-1. The van der Waals surface area contributed by atoms with Crippen LogP contribution in [0.1, 0.15) is 10.4 Å². The number of carbonyl (C=O) groups is 1. The Morgan fingerprint density at radius 1 is 1.15 bits per heavy atom. The van der Waals surface area contributed by atoms with Crippen molar-refractivity contribution in [2.75, 3.05) is 0 Å². The van der Waals surface area contributed by atoms with Gasteiger partial charge in [-0.1, -0.05) is 0 Å². The van der Waals surface area contributed by atoms with Gasteiger partial charge in [0.15, 0.2) is 0 Å². The van der Waals surface area contributed by atoms with Crippen LogP contribution < -0.4 is 70.3 Å². The summed E-state index contributed by atoms with van der Waals surface area (Å²) >= 11 is -2.06. The van der Waals surface area contributed by atoms with Gasteiger partial charge in [0, 0.05) is 0 Å². The van der Waals surface area contributed by atoms with Gasteiger partial charge in [0.05, 0.1) is 0 Å². The fraction of sp³-hybridized carbons (Fsp3) is 0. The molecule has 6 heteroatoms. The molecular weight excluding hydrogens is 379 g/mol. The summed E-state index contributed by atoms with van der Waals surface area (Å²) in [5, 5.41) is 10.2. The first kappa shape index (κ1) is 17.0. The fourth-order valence-electron chi connectivity index (χ4n) is 0.737. The van der Waals surface area contributed by atoms with Gasteiger partial charge >= 0.3 is 136 Å². The average Bonchev–Trinajstić information content (AvgIpc) is 2.05. The molecule has 0 aliphatic carbocycles. The molecule has 0 saturated heterocycles. The molecule has 0 heterocycles. The van der Waals surface area contributed by atoms with Crippen LogP contribution in [0.5, 0.6) is 0 Å². The van der Waals surface area contributed by atoms with Gasteiger partial charge in [-0.2, -0.15) is 0 Å². The van der Waals surface area contributed by atoms with Crippen LogP contribution in [0.25, 0.3) is 0 Å². The Labute approximate surface area is 134 Å². The fourth-order valence-corrected chi connectivity index (χ4v) is 2.40. The van der Waals surface area contributed by atoms with Crippen LogP contribution in [0, 0.1) is 0 Å². The van der Waals surface area contributed by atoms with Crippen LogP contribution in [0.4, 0.5) is 0 Å². The number of rotatable bonds is 2. The Hall–Kier alpha value is 1.59. The van der Waals surface area contributed by atoms with Crippen molar-refractivity contribution in [1.82, 2.24) is 0 Å². The van der Waals surface area contributed by atoms with E-state index in [4.69, 9.17) is 0 Å². The smallest absolute Gasteiger partial charge is 1.00 e. The number of hydrogen-bond donors (Lipinski definition) is 0. The number of carboxylic acid groups (broad SMARTS) is 1. The quantitative estimate of drug-likeness (QED) is 0.477. The normalized spacial score (nSPS) is 7.46. The van der Waals surface area contributed by atoms with Crippen LogP contribution in [0.3, 0.4) is 0 Å². The van der Waals surface area contributed by atoms with Crippen molar-refractivity contribution < 1.29 is 97.1 Å². The van der Waals surface area contributed by atoms with E-state index in [1.54, 1.807) is 12.1 Å². The summed E-state index contributed by atoms with van der Waals surface area (Å²) in [5.41, 5.74) is 0.135. The van der Waals surface area contributed by atoms with E-state index in [1.165, 1.54) is 12.1 Å². The molecule has 3 nitrogen and oxygen atoms in total. The maximum absolute atomic E-state index is 10.5. The molecular formula is C7H4HgNa2O3. The molecule has 0 aliphatic rings. The van der Waals surface area contributed by atoms with Gasteiger partial charge in [-0.3, -0.25) is 0 Å². The minimum atomic E-state index is -2.06. The molecule has 54 valence electrons. The summed E-state index contributed by atoms with van der Waals surface area (Å²) in [6, 6.07) is 6.00. The predicted molar refractivity (Wildman–Crippen MR) is 30.4 cm³/mol. The van der Waals surface area contributed by atoms with Crippen LogP contribution in [0.2, 0.25) is 0 Å². The van der Waals surface area contributed by atoms with Crippen LogP contribution >= 0.6 is 0 Å². The molecule has 0 fully saturated rings. The van der Waals surface area contributed by atoms with Crippen LogP contribution in [-0.4, -0.2) is 5.97 Å². The van der Waals surface area contributed by atoms with Gasteiger partial charge in [0.25, 0.3) is 0 Å². The molecule has 0 unspecified atom stereocenters. The molecule has 0 radical (unpaired) electrons. The molecule has 1 aromatic rings. The van der Waals surface area contributed by atoms with E-state index in [1.807, 2.05) is 0 Å². The van der Waals surface area contributed by atoms with Gasteiger partial charge < -0.3 is 0 Å². The van der Waals surface area contributed by atoms with Crippen molar-refractivity contribution >= 4 is 9.04 Å². The van der Waals surface area contributed by atoms with E-state index >= 15 is 0 Å². The summed E-state index contributed by atoms with van der Waals surface area (Å²) < 4.78 is 11.3. The Balaban J connectivity index is 0. The second kappa shape index (κ2) is 8.86. The number of benzene rings is 1. The Morgan fingerprint density at radius 2 is 1.62 bits per heavy atom. The Kier molecular flexibility index (Phi) is 11.6. The second-order valence-electron chi connectivity index (χ2n) is 2.13. The van der Waals surface area contributed by atoms with Crippen molar-refractivity contribution in [3.63, 3.8) is 0 Å². The number of carboxylic acids is 1. The summed E-state index contributed by atoms with van der Waals surface area (Å²) in [7, 11) is 0. The molecule has 0 atom stereocenters. The predicted octanol–water partition coefficient (Wildman–Crippen LogP) is -7.96. The number of hydrogen-bond acceptors (Lipinski definition) is 3. The molecule has 0 spiro atoms. The van der Waals surface area contributed by atoms with E-state index in [9.17, 15) is 12.9 Å². The molecule has 0 N–H and O–H groups in total. The van der Waals surface area contributed by atoms with Crippen LogP contribution in [-0.2, 0) is 25.0 Å². The average molecular weight is 383 g/mol. The van der Waals surface area contributed by atoms with E-state index in [-0.39, 0.29) is 64.7 Å². The third-order valence-electron chi connectivity index (χ3n) is 1.36. The van der Waals surface area contributed by atoms with Gasteiger partial charge in [0.1, 0.15) is 0 Å². The SMILES string of the molecule is O=C([O-])c1cc[c]([Hg][O-])cc1.[Na+].[Na+]. The van der Waals surface area contributed by atoms with E-state index in [0.717, 1.165) is 3.07 Å². The molecule has 0 amide bonds. The van der Waals surface area contributed by atoms with Crippen LogP contribution in [0.15, 0.2) is 24.3 Å². The summed E-state index contributed by atoms with van der Waals surface area (Å²) in [6.07, 6.45) is 0. The third kappa shape index (κ3) is 5.90. The topological polar surface area (TPSA) is 63.2 Å². The van der Waals surface area contributed by atoms with Gasteiger partial charge in [-0.05, 0) is 0 Å². The minimum Gasteiger partial charge on any atom is 1.00 e. The largest absolute Gasteiger partial charge is 1.00 e. The van der Waals surface area contributed by atoms with E-state index < -0.39 is 31.0 Å². The van der Waals surface area contributed by atoms with Gasteiger partial charge in [-0.25, -0.2) is 0 Å². The summed E-state index contributed by atoms with van der Waals surface area (Å²) in [4.78, 5) is 10.2. The van der Waals surface area contributed by atoms with Gasteiger partial charge in [0.2, 0.25) is 0 Å². The first-order valence-electron chi connectivity index (χ1n) is 3.12. The second-order valence-corrected chi connectivity index (χ2v) is 6.43. The van der Waals surface area contributed by atoms with Crippen molar-refractivity contribution in [2.45, 2.75) is 0 Å².